The van der Waals surface area contributed by atoms with E-state index in [4.69, 9.17) is 25.6 Å². The van der Waals surface area contributed by atoms with Gasteiger partial charge in [-0.1, -0.05) is 28.9 Å². The molecule has 0 atom stereocenters. The minimum atomic E-state index is -0.553. The molecule has 0 saturated heterocycles. The predicted molar refractivity (Wildman–Crippen MR) is 93.9 cm³/mol. The average molecular weight is 424 g/mol. The summed E-state index contributed by atoms with van der Waals surface area (Å²) in [6.45, 7) is 1.76. The molecule has 0 unspecified atom stereocenters. The number of carbonyl (C=O) groups excluding carboxylic acids is 1. The molecule has 1 heterocycles. The van der Waals surface area contributed by atoms with Crippen molar-refractivity contribution in [1.29, 1.82) is 0 Å². The van der Waals surface area contributed by atoms with Gasteiger partial charge in [0.15, 0.2) is 6.61 Å². The molecule has 0 N–H and O–H groups in total. The van der Waals surface area contributed by atoms with E-state index in [0.717, 1.165) is 0 Å². The number of benzene rings is 2. The zero-order chi connectivity index (χ0) is 17.8. The summed E-state index contributed by atoms with van der Waals surface area (Å²) in [6.07, 6.45) is 0. The molecule has 128 valence electrons. The van der Waals surface area contributed by atoms with Crippen LogP contribution in [0.5, 0.6) is 11.5 Å². The van der Waals surface area contributed by atoms with Crippen molar-refractivity contribution in [2.45, 2.75) is 13.5 Å². The van der Waals surface area contributed by atoms with Gasteiger partial charge >= 0.3 is 5.97 Å². The minimum absolute atomic E-state index is 0.0757. The molecule has 0 fully saturated rings. The Hall–Kier alpha value is -2.38. The van der Waals surface area contributed by atoms with Crippen molar-refractivity contribution in [3.8, 4) is 11.5 Å². The highest BCUT2D eigenvalue weighted by molar-refractivity contribution is 9.10. The maximum atomic E-state index is 12.5. The summed E-state index contributed by atoms with van der Waals surface area (Å²) in [7, 11) is 0. The van der Waals surface area contributed by atoms with Crippen LogP contribution in [0.15, 0.2) is 51.5 Å². The Balaban J connectivity index is 1.76. The van der Waals surface area contributed by atoms with Crippen LogP contribution in [0, 0.1) is 6.92 Å². The van der Waals surface area contributed by atoms with E-state index in [-0.39, 0.29) is 12.2 Å². The number of nitrogens with zero attached hydrogens (tertiary/aromatic N) is 2. The molecule has 2 aromatic carbocycles. The summed E-state index contributed by atoms with van der Waals surface area (Å²) >= 11 is 9.20. The first kappa shape index (κ1) is 17.4. The molecular weight excluding hydrogens is 412 g/mol. The Bertz CT molecular complexity index is 913. The van der Waals surface area contributed by atoms with Crippen LogP contribution in [0.2, 0.25) is 5.02 Å². The van der Waals surface area contributed by atoms with Crippen molar-refractivity contribution < 1.29 is 18.8 Å². The molecule has 6 nitrogen and oxygen atoms in total. The number of hydrogen-bond acceptors (Lipinski definition) is 6. The van der Waals surface area contributed by atoms with E-state index in [1.165, 1.54) is 0 Å². The highest BCUT2D eigenvalue weighted by Gasteiger charge is 2.17. The first-order chi connectivity index (χ1) is 12.0. The van der Waals surface area contributed by atoms with E-state index < -0.39 is 5.97 Å². The topological polar surface area (TPSA) is 74.5 Å². The highest BCUT2D eigenvalue weighted by Crippen LogP contribution is 2.29. The molecule has 0 aliphatic heterocycles. The average Bonchev–Trinajstić information content (AvgIpc) is 3.01. The third-order valence-electron chi connectivity index (χ3n) is 3.13. The van der Waals surface area contributed by atoms with Crippen molar-refractivity contribution in [3.63, 3.8) is 0 Å². The summed E-state index contributed by atoms with van der Waals surface area (Å²) in [5.41, 5.74) is 0.282. The molecule has 1 aromatic heterocycles. The van der Waals surface area contributed by atoms with Crippen LogP contribution in [0.4, 0.5) is 0 Å². The minimum Gasteiger partial charge on any atom is -0.485 e. The normalized spacial score (nSPS) is 10.5. The summed E-state index contributed by atoms with van der Waals surface area (Å²) in [5, 5.41) is 4.28. The number of rotatable bonds is 5. The van der Waals surface area contributed by atoms with Crippen LogP contribution < -0.4 is 9.47 Å². The predicted octanol–water partition coefficient (Wildman–Crippen LogP) is 4.59. The fraction of sp³-hybridized carbons (Fsp3) is 0.118. The van der Waals surface area contributed by atoms with Crippen LogP contribution in [-0.2, 0) is 6.61 Å². The molecule has 8 heteroatoms. The number of esters is 1. The lowest BCUT2D eigenvalue weighted by Crippen LogP contribution is -2.11. The molecule has 0 spiro atoms. The van der Waals surface area contributed by atoms with E-state index >= 15 is 0 Å². The standard InChI is InChI=1S/C17H12BrClN2O4/c1-10-20-16(21-25-10)9-23-14-5-3-2-4-12(14)17(22)24-15-7-6-11(19)8-13(15)18/h2-8H,9H2,1H3. The highest BCUT2D eigenvalue weighted by atomic mass is 79.9. The lowest BCUT2D eigenvalue weighted by atomic mass is 10.2. The Kier molecular flexibility index (Phi) is 5.35. The van der Waals surface area contributed by atoms with Gasteiger partial charge in [0.2, 0.25) is 11.7 Å². The number of halogens is 2. The second kappa shape index (κ2) is 7.67. The van der Waals surface area contributed by atoms with Gasteiger partial charge in [0.05, 0.1) is 4.47 Å². The molecule has 25 heavy (non-hydrogen) atoms. The summed E-state index contributed by atoms with van der Waals surface area (Å²) in [5.74, 6) is 1.00. The monoisotopic (exact) mass is 422 g/mol. The van der Waals surface area contributed by atoms with Crippen molar-refractivity contribution in [2.75, 3.05) is 0 Å². The number of para-hydroxylation sites is 1. The quantitative estimate of drug-likeness (QED) is 0.441. The van der Waals surface area contributed by atoms with Gasteiger partial charge in [-0.3, -0.25) is 0 Å². The maximum Gasteiger partial charge on any atom is 0.347 e. The molecule has 0 saturated carbocycles. The van der Waals surface area contributed by atoms with Crippen molar-refractivity contribution in [2.24, 2.45) is 0 Å². The Morgan fingerprint density at radius 3 is 2.76 bits per heavy atom. The molecule has 0 aliphatic carbocycles. The van der Waals surface area contributed by atoms with E-state index in [9.17, 15) is 4.79 Å². The third-order valence-corrected chi connectivity index (χ3v) is 3.98. The number of hydrogen-bond donors (Lipinski definition) is 0. The van der Waals surface area contributed by atoms with Gasteiger partial charge in [-0.05, 0) is 46.3 Å². The number of aromatic nitrogens is 2. The van der Waals surface area contributed by atoms with Crippen molar-refractivity contribution in [1.82, 2.24) is 10.1 Å². The van der Waals surface area contributed by atoms with E-state index in [2.05, 4.69) is 26.1 Å². The van der Waals surface area contributed by atoms with Crippen LogP contribution in [0.25, 0.3) is 0 Å². The molecule has 0 amide bonds. The summed E-state index contributed by atoms with van der Waals surface area (Å²) < 4.78 is 16.5. The number of carbonyl (C=O) groups is 1. The molecule has 3 rings (SSSR count). The third kappa shape index (κ3) is 4.37. The first-order valence-electron chi connectivity index (χ1n) is 7.21. The molecule has 3 aromatic rings. The van der Waals surface area contributed by atoms with E-state index in [1.807, 2.05) is 0 Å². The van der Waals surface area contributed by atoms with E-state index in [1.54, 1.807) is 49.4 Å². The van der Waals surface area contributed by atoms with Crippen LogP contribution in [0.1, 0.15) is 22.1 Å². The lowest BCUT2D eigenvalue weighted by Gasteiger charge is -2.11. The van der Waals surface area contributed by atoms with Crippen LogP contribution in [-0.4, -0.2) is 16.1 Å². The largest absolute Gasteiger partial charge is 0.485 e. The maximum absolute atomic E-state index is 12.5. The SMILES string of the molecule is Cc1nc(COc2ccccc2C(=O)Oc2ccc(Cl)cc2Br)no1. The smallest absolute Gasteiger partial charge is 0.347 e. The second-order valence-electron chi connectivity index (χ2n) is 4.98. The summed E-state index contributed by atoms with van der Waals surface area (Å²) in [4.78, 5) is 16.5. The van der Waals surface area contributed by atoms with Gasteiger partial charge in [0.25, 0.3) is 0 Å². The van der Waals surface area contributed by atoms with Gasteiger partial charge in [-0.15, -0.1) is 0 Å². The molecule has 0 aliphatic rings. The van der Waals surface area contributed by atoms with Gasteiger partial charge in [-0.25, -0.2) is 4.79 Å². The number of ether oxygens (including phenoxy) is 2. The number of aryl methyl sites for hydroxylation is 1. The zero-order valence-corrected chi connectivity index (χ0v) is 15.4. The van der Waals surface area contributed by atoms with Gasteiger partial charge in [-0.2, -0.15) is 4.98 Å². The first-order valence-corrected chi connectivity index (χ1v) is 8.38. The van der Waals surface area contributed by atoms with Gasteiger partial charge in [0.1, 0.15) is 17.1 Å². The Labute approximate surface area is 156 Å². The molecule has 0 radical (unpaired) electrons. The van der Waals surface area contributed by atoms with Crippen LogP contribution in [0.3, 0.4) is 0 Å². The fourth-order valence-corrected chi connectivity index (χ4v) is 2.78. The molecular formula is C17H12BrClN2O4. The Morgan fingerprint density at radius 2 is 2.04 bits per heavy atom. The van der Waals surface area contributed by atoms with E-state index in [0.29, 0.717) is 32.7 Å². The van der Waals surface area contributed by atoms with Crippen molar-refractivity contribution in [3.05, 3.63) is 69.2 Å². The zero-order valence-electron chi connectivity index (χ0n) is 13.0. The van der Waals surface area contributed by atoms with Gasteiger partial charge < -0.3 is 14.0 Å². The van der Waals surface area contributed by atoms with Crippen molar-refractivity contribution >= 4 is 33.5 Å². The van der Waals surface area contributed by atoms with Crippen LogP contribution >= 0.6 is 27.5 Å². The Morgan fingerprint density at radius 1 is 1.24 bits per heavy atom. The van der Waals surface area contributed by atoms with Gasteiger partial charge in [0, 0.05) is 11.9 Å². The summed E-state index contributed by atoms with van der Waals surface area (Å²) in [6, 6.07) is 11.6. The molecule has 0 bridgehead atoms. The second-order valence-corrected chi connectivity index (χ2v) is 6.27. The lowest BCUT2D eigenvalue weighted by molar-refractivity contribution is 0.0728. The fourth-order valence-electron chi connectivity index (χ4n) is 2.02.